The van der Waals surface area contributed by atoms with Gasteiger partial charge in [-0.25, -0.2) is 14.3 Å². The minimum Gasteiger partial charge on any atom is -0.412 e. The topological polar surface area (TPSA) is 168 Å². The predicted molar refractivity (Wildman–Crippen MR) is 121 cm³/mol. The summed E-state index contributed by atoms with van der Waals surface area (Å²) in [7, 11) is -1.47. The average Bonchev–Trinajstić information content (AvgIpc) is 2.71. The van der Waals surface area contributed by atoms with Gasteiger partial charge in [0.05, 0.1) is 17.2 Å². The van der Waals surface area contributed by atoms with E-state index < -0.39 is 11.0 Å². The molecule has 0 amide bonds. The molecule has 1 unspecified atom stereocenters. The fourth-order valence-corrected chi connectivity index (χ4v) is 4.11. The van der Waals surface area contributed by atoms with Gasteiger partial charge in [-0.3, -0.25) is 0 Å². The molecule has 1 saturated carbocycles. The lowest BCUT2D eigenvalue weighted by molar-refractivity contribution is 0.00926. The summed E-state index contributed by atoms with van der Waals surface area (Å²) in [6, 6.07) is 9.59. The zero-order chi connectivity index (χ0) is 21.7. The summed E-state index contributed by atoms with van der Waals surface area (Å²) in [5, 5.41) is 31.5. The highest BCUT2D eigenvalue weighted by molar-refractivity contribution is 7.82. The second kappa shape index (κ2) is 10.6. The number of nitrogens with one attached hydrogen (secondary N) is 2. The van der Waals surface area contributed by atoms with Gasteiger partial charge in [-0.15, -0.1) is 0 Å². The molecular weight excluding hydrogens is 416 g/mol. The van der Waals surface area contributed by atoms with Crippen LogP contribution in [0.2, 0.25) is 0 Å². The molecule has 168 valence electrons. The monoisotopic (exact) mass is 446 g/mol. The van der Waals surface area contributed by atoms with Crippen LogP contribution in [0.25, 0.3) is 0 Å². The summed E-state index contributed by atoms with van der Waals surface area (Å²) in [6.07, 6.45) is 4.29. The number of benzene rings is 1. The molecule has 3 atom stereocenters. The molecule has 1 heterocycles. The quantitative estimate of drug-likeness (QED) is 0.499. The Morgan fingerprint density at radius 3 is 2.65 bits per heavy atom. The Hall–Kier alpha value is -2.58. The van der Waals surface area contributed by atoms with E-state index in [4.69, 9.17) is 5.14 Å². The van der Waals surface area contributed by atoms with Gasteiger partial charge in [0.15, 0.2) is 0 Å². The number of hydrogen-bond donors (Lipinski definition) is 4. The van der Waals surface area contributed by atoms with Crippen molar-refractivity contribution < 1.29 is 14.8 Å². The third-order valence-electron chi connectivity index (χ3n) is 5.57. The van der Waals surface area contributed by atoms with Gasteiger partial charge in [-0.2, -0.15) is 10.2 Å². The number of nitrogens with two attached hydrogens (primary N) is 1. The van der Waals surface area contributed by atoms with Crippen LogP contribution in [0.15, 0.2) is 35.4 Å². The van der Waals surface area contributed by atoms with Gasteiger partial charge in [0.1, 0.15) is 28.4 Å². The Morgan fingerprint density at radius 2 is 2.03 bits per heavy atom. The third kappa shape index (κ3) is 6.45. The Labute approximate surface area is 185 Å². The zero-order valence-corrected chi connectivity index (χ0v) is 18.6. The molecule has 1 aliphatic rings. The molecule has 0 spiro atoms. The molecule has 7 N–H and O–H groups in total. The van der Waals surface area contributed by atoms with Crippen molar-refractivity contribution in [1.82, 2.24) is 9.97 Å². The second-order valence-electron chi connectivity index (χ2n) is 8.31. The molecule has 0 radical (unpaired) electrons. The molecule has 1 fully saturated rings. The van der Waals surface area contributed by atoms with Crippen molar-refractivity contribution >= 4 is 22.8 Å². The van der Waals surface area contributed by atoms with Crippen LogP contribution in [0.5, 0.6) is 0 Å². The maximum Gasteiger partial charge on any atom is 0.224 e. The molecule has 10 heteroatoms. The molecule has 3 rings (SSSR count). The third-order valence-corrected chi connectivity index (χ3v) is 6.30. The Kier molecular flexibility index (Phi) is 8.47. The van der Waals surface area contributed by atoms with Crippen LogP contribution in [-0.4, -0.2) is 43.5 Å². The lowest BCUT2D eigenvalue weighted by Gasteiger charge is -2.40. The van der Waals surface area contributed by atoms with E-state index in [9.17, 15) is 14.6 Å². The minimum absolute atomic E-state index is 0. The normalized spacial score (nSPS) is 20.7. The molecule has 0 saturated heterocycles. The van der Waals surface area contributed by atoms with E-state index in [1.54, 1.807) is 12.1 Å². The van der Waals surface area contributed by atoms with Gasteiger partial charge in [0, 0.05) is 12.6 Å². The number of aliphatic hydroxyl groups is 1. The zero-order valence-electron chi connectivity index (χ0n) is 17.8. The molecule has 1 aromatic carbocycles. The van der Waals surface area contributed by atoms with Gasteiger partial charge < -0.3 is 21.2 Å². The summed E-state index contributed by atoms with van der Waals surface area (Å²) in [5.74, 6) is 0.966. The first kappa shape index (κ1) is 24.7. The summed E-state index contributed by atoms with van der Waals surface area (Å²) in [5.41, 5.74) is 1.30. The highest BCUT2D eigenvalue weighted by Crippen LogP contribution is 2.36. The smallest absolute Gasteiger partial charge is 0.224 e. The summed E-state index contributed by atoms with van der Waals surface area (Å²) < 4.78 is 11.3. The van der Waals surface area contributed by atoms with Crippen molar-refractivity contribution in [3.8, 4) is 6.07 Å². The maximum atomic E-state index is 11.3. The molecule has 0 aliphatic heterocycles. The first-order valence-electron chi connectivity index (χ1n) is 9.99. The van der Waals surface area contributed by atoms with Crippen molar-refractivity contribution in [2.24, 2.45) is 10.6 Å². The van der Waals surface area contributed by atoms with E-state index in [1.807, 2.05) is 12.1 Å². The fraction of sp³-hybridized carbons (Fsp3) is 0.476. The van der Waals surface area contributed by atoms with Gasteiger partial charge in [0.25, 0.3) is 0 Å². The Bertz CT molecular complexity index is 945. The van der Waals surface area contributed by atoms with Crippen LogP contribution in [0.4, 0.5) is 11.8 Å². The van der Waals surface area contributed by atoms with Crippen molar-refractivity contribution in [2.75, 3.05) is 17.2 Å². The Balaban J connectivity index is 0.00000341. The first-order chi connectivity index (χ1) is 14.3. The first-order valence-corrected chi connectivity index (χ1v) is 11.2. The molecule has 1 aliphatic carbocycles. The van der Waals surface area contributed by atoms with Gasteiger partial charge >= 0.3 is 0 Å². The van der Waals surface area contributed by atoms with Crippen LogP contribution in [-0.2, 0) is 17.4 Å². The highest BCUT2D eigenvalue weighted by Gasteiger charge is 2.35. The van der Waals surface area contributed by atoms with Crippen molar-refractivity contribution in [1.29, 1.82) is 5.26 Å². The van der Waals surface area contributed by atoms with Crippen molar-refractivity contribution in [3.05, 3.63) is 41.6 Å². The number of hydrogen-bond acceptors (Lipinski definition) is 7. The van der Waals surface area contributed by atoms with Crippen LogP contribution in [0, 0.1) is 16.7 Å². The number of rotatable bonds is 7. The van der Waals surface area contributed by atoms with Crippen molar-refractivity contribution in [2.45, 2.75) is 56.6 Å². The van der Waals surface area contributed by atoms with E-state index in [1.165, 1.54) is 6.20 Å². The number of aromatic nitrogens is 2. The summed E-state index contributed by atoms with van der Waals surface area (Å²) in [6.45, 7) is 4.72. The van der Waals surface area contributed by atoms with Gasteiger partial charge in [-0.05, 0) is 48.8 Å². The number of aliphatic hydroxyl groups excluding tert-OH is 1. The van der Waals surface area contributed by atoms with E-state index >= 15 is 0 Å². The van der Waals surface area contributed by atoms with E-state index in [0.29, 0.717) is 28.8 Å². The van der Waals surface area contributed by atoms with Crippen LogP contribution in [0.1, 0.15) is 44.2 Å². The molecule has 31 heavy (non-hydrogen) atoms. The van der Waals surface area contributed by atoms with E-state index in [0.717, 1.165) is 31.2 Å². The second-order valence-corrected chi connectivity index (χ2v) is 9.38. The highest BCUT2D eigenvalue weighted by atomic mass is 32.2. The van der Waals surface area contributed by atoms with Crippen LogP contribution < -0.4 is 15.8 Å². The SMILES string of the molecule is CC1(C)C[C@H](Nc2nc(NCCc3ccc(S(N)=O)cc3)ncc2C#N)CC[C@@H]1O.O. The summed E-state index contributed by atoms with van der Waals surface area (Å²) in [4.78, 5) is 9.32. The lowest BCUT2D eigenvalue weighted by Crippen LogP contribution is -2.41. The van der Waals surface area contributed by atoms with E-state index in [-0.39, 0.29) is 23.0 Å². The molecular formula is C21H30N6O3S. The molecule has 0 bridgehead atoms. The van der Waals surface area contributed by atoms with Crippen LogP contribution >= 0.6 is 0 Å². The lowest BCUT2D eigenvalue weighted by atomic mass is 9.73. The van der Waals surface area contributed by atoms with Crippen LogP contribution in [0.3, 0.4) is 0 Å². The largest absolute Gasteiger partial charge is 0.412 e. The Morgan fingerprint density at radius 1 is 1.32 bits per heavy atom. The fourth-order valence-electron chi connectivity index (χ4n) is 3.71. The van der Waals surface area contributed by atoms with E-state index in [2.05, 4.69) is 40.5 Å². The number of anilines is 2. The summed E-state index contributed by atoms with van der Waals surface area (Å²) >= 11 is 0. The standard InChI is InChI=1S/C21H28N6O2S.H2O/c1-21(2)11-16(5-8-18(21)28)26-19-15(12-22)13-25-20(27-19)24-10-9-14-3-6-17(7-4-14)30(23)29;/h3-4,6-7,13,16,18,28H,5,8-11,23H2,1-2H3,(H2,24,25,26,27);1H2/t16-,18+,30?;/m1./s1. The number of nitrogens with zero attached hydrogens (tertiary/aromatic N) is 3. The number of nitriles is 1. The minimum atomic E-state index is -1.47. The maximum absolute atomic E-state index is 11.3. The average molecular weight is 447 g/mol. The molecule has 1 aromatic heterocycles. The van der Waals surface area contributed by atoms with Gasteiger partial charge in [-0.1, -0.05) is 26.0 Å². The molecule has 9 nitrogen and oxygen atoms in total. The van der Waals surface area contributed by atoms with Crippen molar-refractivity contribution in [3.63, 3.8) is 0 Å². The van der Waals surface area contributed by atoms with Gasteiger partial charge in [0.2, 0.25) is 5.95 Å². The molecule has 2 aromatic rings. The predicted octanol–water partition coefficient (Wildman–Crippen LogP) is 1.51.